The number of aryl methyl sites for hydroxylation is 2. The third kappa shape index (κ3) is 2.14. The zero-order chi connectivity index (χ0) is 11.5. The summed E-state index contributed by atoms with van der Waals surface area (Å²) >= 11 is 0. The first-order valence-electron chi connectivity index (χ1n) is 6.51. The second-order valence-electron chi connectivity index (χ2n) is 4.76. The Balaban J connectivity index is 2.27. The van der Waals surface area contributed by atoms with E-state index >= 15 is 0 Å². The molecule has 1 fully saturated rings. The van der Waals surface area contributed by atoms with Crippen molar-refractivity contribution in [2.24, 2.45) is 0 Å². The van der Waals surface area contributed by atoms with E-state index in [-0.39, 0.29) is 0 Å². The zero-order valence-corrected chi connectivity index (χ0v) is 10.7. The molecule has 0 unspecified atom stereocenters. The molecule has 3 nitrogen and oxygen atoms in total. The SMILES string of the molecule is CCn1nc(C)c([C@H]2CCCCCN2)c1C. The van der Waals surface area contributed by atoms with Crippen LogP contribution in [0.25, 0.3) is 0 Å². The number of hydrogen-bond acceptors (Lipinski definition) is 2. The molecule has 0 spiro atoms. The highest BCUT2D eigenvalue weighted by molar-refractivity contribution is 5.28. The van der Waals surface area contributed by atoms with E-state index in [1.165, 1.54) is 42.6 Å². The summed E-state index contributed by atoms with van der Waals surface area (Å²) in [5.74, 6) is 0. The molecule has 1 aliphatic rings. The second-order valence-corrected chi connectivity index (χ2v) is 4.76. The molecule has 0 aromatic carbocycles. The quantitative estimate of drug-likeness (QED) is 0.832. The highest BCUT2D eigenvalue weighted by Crippen LogP contribution is 2.27. The average Bonchev–Trinajstić information content (AvgIpc) is 2.49. The molecule has 0 saturated carbocycles. The number of nitrogens with zero attached hydrogens (tertiary/aromatic N) is 2. The van der Waals surface area contributed by atoms with Gasteiger partial charge in [0.25, 0.3) is 0 Å². The maximum absolute atomic E-state index is 4.61. The van der Waals surface area contributed by atoms with Crippen LogP contribution in [0.5, 0.6) is 0 Å². The van der Waals surface area contributed by atoms with Gasteiger partial charge in [-0.2, -0.15) is 5.10 Å². The summed E-state index contributed by atoms with van der Waals surface area (Å²) < 4.78 is 2.12. The van der Waals surface area contributed by atoms with Crippen LogP contribution in [-0.4, -0.2) is 16.3 Å². The molecule has 2 rings (SSSR count). The fourth-order valence-corrected chi connectivity index (χ4v) is 2.80. The van der Waals surface area contributed by atoms with Crippen LogP contribution in [0.1, 0.15) is 55.6 Å². The highest BCUT2D eigenvalue weighted by atomic mass is 15.3. The summed E-state index contributed by atoms with van der Waals surface area (Å²) in [6.45, 7) is 8.62. The molecule has 1 aliphatic heterocycles. The van der Waals surface area contributed by atoms with Gasteiger partial charge in [0, 0.05) is 23.8 Å². The third-order valence-corrected chi connectivity index (χ3v) is 3.65. The summed E-state index contributed by atoms with van der Waals surface area (Å²) in [6, 6.07) is 0.530. The van der Waals surface area contributed by atoms with Gasteiger partial charge >= 0.3 is 0 Å². The van der Waals surface area contributed by atoms with Crippen LogP contribution < -0.4 is 5.32 Å². The van der Waals surface area contributed by atoms with Gasteiger partial charge in [0.2, 0.25) is 0 Å². The molecule has 0 bridgehead atoms. The zero-order valence-electron chi connectivity index (χ0n) is 10.7. The van der Waals surface area contributed by atoms with E-state index < -0.39 is 0 Å². The van der Waals surface area contributed by atoms with Gasteiger partial charge < -0.3 is 5.32 Å². The highest BCUT2D eigenvalue weighted by Gasteiger charge is 2.21. The van der Waals surface area contributed by atoms with Gasteiger partial charge in [-0.3, -0.25) is 4.68 Å². The molecule has 1 atom stereocenters. The Morgan fingerprint density at radius 1 is 1.31 bits per heavy atom. The molecule has 16 heavy (non-hydrogen) atoms. The van der Waals surface area contributed by atoms with E-state index in [0.717, 1.165) is 13.1 Å². The maximum atomic E-state index is 4.61. The Kier molecular flexibility index (Phi) is 3.64. The molecular formula is C13H23N3. The molecule has 1 aromatic heterocycles. The second kappa shape index (κ2) is 5.00. The van der Waals surface area contributed by atoms with Gasteiger partial charge in [-0.25, -0.2) is 0 Å². The van der Waals surface area contributed by atoms with Gasteiger partial charge in [0.05, 0.1) is 5.69 Å². The van der Waals surface area contributed by atoms with E-state index in [2.05, 4.69) is 35.9 Å². The van der Waals surface area contributed by atoms with Crippen molar-refractivity contribution in [1.29, 1.82) is 0 Å². The summed E-state index contributed by atoms with van der Waals surface area (Å²) in [4.78, 5) is 0. The number of rotatable bonds is 2. The Bertz CT molecular complexity index is 346. The first kappa shape index (κ1) is 11.6. The molecular weight excluding hydrogens is 198 g/mol. The lowest BCUT2D eigenvalue weighted by molar-refractivity contribution is 0.528. The topological polar surface area (TPSA) is 29.9 Å². The van der Waals surface area contributed by atoms with Gasteiger partial charge in [0.15, 0.2) is 0 Å². The summed E-state index contributed by atoms with van der Waals surface area (Å²) in [7, 11) is 0. The van der Waals surface area contributed by atoms with Crippen molar-refractivity contribution >= 4 is 0 Å². The molecule has 0 aliphatic carbocycles. The normalized spacial score (nSPS) is 22.1. The van der Waals surface area contributed by atoms with E-state index in [9.17, 15) is 0 Å². The standard InChI is InChI=1S/C13H23N3/c1-4-16-11(3)13(10(2)15-16)12-8-6-5-7-9-14-12/h12,14H,4-9H2,1-3H3/t12-/m1/s1. The molecule has 90 valence electrons. The number of aromatic nitrogens is 2. The van der Waals surface area contributed by atoms with Crippen LogP contribution in [0.2, 0.25) is 0 Å². The minimum atomic E-state index is 0.530. The van der Waals surface area contributed by atoms with Crippen molar-refractivity contribution in [3.63, 3.8) is 0 Å². The Morgan fingerprint density at radius 2 is 2.12 bits per heavy atom. The van der Waals surface area contributed by atoms with E-state index in [1.54, 1.807) is 0 Å². The summed E-state index contributed by atoms with van der Waals surface area (Å²) in [5, 5.41) is 8.27. The largest absolute Gasteiger partial charge is 0.310 e. The first-order chi connectivity index (χ1) is 7.74. The van der Waals surface area contributed by atoms with Crippen molar-refractivity contribution in [2.45, 2.75) is 59.0 Å². The summed E-state index contributed by atoms with van der Waals surface area (Å²) in [6.07, 6.45) is 5.28. The minimum Gasteiger partial charge on any atom is -0.310 e. The van der Waals surface area contributed by atoms with Crippen LogP contribution >= 0.6 is 0 Å². The van der Waals surface area contributed by atoms with Gasteiger partial charge in [0.1, 0.15) is 0 Å². The Hall–Kier alpha value is -0.830. The predicted octanol–water partition coefficient (Wildman–Crippen LogP) is 2.72. The smallest absolute Gasteiger partial charge is 0.0644 e. The minimum absolute atomic E-state index is 0.530. The van der Waals surface area contributed by atoms with Crippen LogP contribution in [-0.2, 0) is 6.54 Å². The van der Waals surface area contributed by atoms with Gasteiger partial charge in [-0.15, -0.1) is 0 Å². The molecule has 0 amide bonds. The van der Waals surface area contributed by atoms with Crippen LogP contribution in [0, 0.1) is 13.8 Å². The van der Waals surface area contributed by atoms with E-state index in [4.69, 9.17) is 0 Å². The third-order valence-electron chi connectivity index (χ3n) is 3.65. The molecule has 1 saturated heterocycles. The van der Waals surface area contributed by atoms with Crippen molar-refractivity contribution < 1.29 is 0 Å². The van der Waals surface area contributed by atoms with E-state index in [0.29, 0.717) is 6.04 Å². The van der Waals surface area contributed by atoms with Crippen LogP contribution in [0.4, 0.5) is 0 Å². The monoisotopic (exact) mass is 221 g/mol. The Labute approximate surface area is 98.2 Å². The van der Waals surface area contributed by atoms with Crippen molar-refractivity contribution in [3.05, 3.63) is 17.0 Å². The lowest BCUT2D eigenvalue weighted by Gasteiger charge is -2.16. The first-order valence-corrected chi connectivity index (χ1v) is 6.51. The van der Waals surface area contributed by atoms with Crippen molar-refractivity contribution in [2.75, 3.05) is 6.54 Å². The molecule has 3 heteroatoms. The molecule has 0 radical (unpaired) electrons. The van der Waals surface area contributed by atoms with Crippen molar-refractivity contribution in [1.82, 2.24) is 15.1 Å². The van der Waals surface area contributed by atoms with Crippen LogP contribution in [0.3, 0.4) is 0 Å². The van der Waals surface area contributed by atoms with Gasteiger partial charge in [-0.1, -0.05) is 12.8 Å². The fraction of sp³-hybridized carbons (Fsp3) is 0.769. The molecule has 1 aromatic rings. The molecule has 2 heterocycles. The maximum Gasteiger partial charge on any atom is 0.0644 e. The predicted molar refractivity (Wildman–Crippen MR) is 66.6 cm³/mol. The average molecular weight is 221 g/mol. The summed E-state index contributed by atoms with van der Waals surface area (Å²) in [5.41, 5.74) is 4.00. The molecule has 1 N–H and O–H groups in total. The van der Waals surface area contributed by atoms with Crippen LogP contribution in [0.15, 0.2) is 0 Å². The lowest BCUT2D eigenvalue weighted by Crippen LogP contribution is -2.21. The number of hydrogen-bond donors (Lipinski definition) is 1. The van der Waals surface area contributed by atoms with E-state index in [1.807, 2.05) is 0 Å². The number of nitrogens with one attached hydrogen (secondary N) is 1. The lowest BCUT2D eigenvalue weighted by atomic mass is 10.0. The Morgan fingerprint density at radius 3 is 2.81 bits per heavy atom. The van der Waals surface area contributed by atoms with Gasteiger partial charge in [-0.05, 0) is 40.2 Å². The fourth-order valence-electron chi connectivity index (χ4n) is 2.80. The van der Waals surface area contributed by atoms with Crippen molar-refractivity contribution in [3.8, 4) is 0 Å².